The van der Waals surface area contributed by atoms with Crippen LogP contribution in [0.15, 0.2) is 23.1 Å². The van der Waals surface area contributed by atoms with E-state index in [4.69, 9.17) is 11.7 Å². The smallest absolute Gasteiger partial charge is 0.210 e. The number of hydrogen-bond donors (Lipinski definition) is 1. The summed E-state index contributed by atoms with van der Waals surface area (Å²) in [6.07, 6.45) is 5.05. The molecule has 7 heteroatoms. The van der Waals surface area contributed by atoms with Crippen LogP contribution >= 0.6 is 11.8 Å². The number of benzene rings is 1. The number of sulfonamides is 1. The number of nitriles is 1. The molecule has 0 unspecified atom stereocenters. The van der Waals surface area contributed by atoms with Gasteiger partial charge in [0.2, 0.25) is 10.0 Å². The second-order valence-electron chi connectivity index (χ2n) is 3.38. The summed E-state index contributed by atoms with van der Waals surface area (Å²) in [5.74, 6) is 2.55. The van der Waals surface area contributed by atoms with Gasteiger partial charge in [-0.15, -0.1) is 18.2 Å². The zero-order valence-electron chi connectivity index (χ0n) is 9.89. The molecule has 1 N–H and O–H groups in total. The van der Waals surface area contributed by atoms with Crippen LogP contribution in [-0.4, -0.2) is 26.5 Å². The highest BCUT2D eigenvalue weighted by Crippen LogP contribution is 2.17. The first kappa shape index (κ1) is 15.5. The number of nitrogens with zero attached hydrogens (tertiary/aromatic N) is 1. The molecule has 0 aromatic heterocycles. The second-order valence-corrected chi connectivity index (χ2v) is 6.22. The van der Waals surface area contributed by atoms with Crippen molar-refractivity contribution in [1.29, 1.82) is 5.26 Å². The van der Waals surface area contributed by atoms with Crippen molar-refractivity contribution in [3.05, 3.63) is 29.6 Å². The maximum absolute atomic E-state index is 13.3. The molecule has 4 nitrogen and oxygen atoms in total. The van der Waals surface area contributed by atoms with Crippen LogP contribution in [0.3, 0.4) is 0 Å². The molecule has 0 atom stereocenters. The van der Waals surface area contributed by atoms with E-state index < -0.39 is 21.4 Å². The first-order chi connectivity index (χ1) is 9.03. The van der Waals surface area contributed by atoms with Crippen molar-refractivity contribution in [3.63, 3.8) is 0 Å². The van der Waals surface area contributed by atoms with Crippen LogP contribution in [0.4, 0.5) is 4.39 Å². The number of terminal acetylenes is 1. The van der Waals surface area contributed by atoms with Crippen LogP contribution in [-0.2, 0) is 10.0 Å². The van der Waals surface area contributed by atoms with Crippen molar-refractivity contribution in [1.82, 2.24) is 4.72 Å². The van der Waals surface area contributed by atoms with Gasteiger partial charge in [-0.25, -0.2) is 17.5 Å². The quantitative estimate of drug-likeness (QED) is 0.635. The average Bonchev–Trinajstić information content (AvgIpc) is 2.38. The molecule has 0 amide bonds. The Kier molecular flexibility index (Phi) is 5.84. The van der Waals surface area contributed by atoms with Crippen LogP contribution in [0.2, 0.25) is 0 Å². The maximum atomic E-state index is 13.3. The maximum Gasteiger partial charge on any atom is 0.242 e. The van der Waals surface area contributed by atoms with Crippen LogP contribution in [0.5, 0.6) is 0 Å². The lowest BCUT2D eigenvalue weighted by Gasteiger charge is -2.08. The fourth-order valence-electron chi connectivity index (χ4n) is 1.29. The molecule has 0 heterocycles. The van der Waals surface area contributed by atoms with E-state index >= 15 is 0 Å². The zero-order valence-corrected chi connectivity index (χ0v) is 11.5. The largest absolute Gasteiger partial charge is 0.242 e. The Morgan fingerprint density at radius 3 is 2.84 bits per heavy atom. The predicted molar refractivity (Wildman–Crippen MR) is 72.5 cm³/mol. The van der Waals surface area contributed by atoms with Crippen molar-refractivity contribution in [2.24, 2.45) is 0 Å². The monoisotopic (exact) mass is 298 g/mol. The van der Waals surface area contributed by atoms with E-state index in [1.54, 1.807) is 6.07 Å². The molecule has 0 radical (unpaired) electrons. The van der Waals surface area contributed by atoms with E-state index in [0.29, 0.717) is 11.5 Å². The molecule has 0 spiro atoms. The van der Waals surface area contributed by atoms with E-state index in [9.17, 15) is 12.8 Å². The Labute approximate surface area is 116 Å². The van der Waals surface area contributed by atoms with Crippen molar-refractivity contribution >= 4 is 21.8 Å². The third-order valence-corrected chi connectivity index (χ3v) is 4.47. The Hall–Kier alpha value is -1.54. The Balaban J connectivity index is 2.82. The minimum absolute atomic E-state index is 0.163. The average molecular weight is 298 g/mol. The van der Waals surface area contributed by atoms with Crippen LogP contribution in [0.25, 0.3) is 0 Å². The molecule has 0 saturated heterocycles. The molecular weight excluding hydrogens is 287 g/mol. The summed E-state index contributed by atoms with van der Waals surface area (Å²) in [6, 6.07) is 5.04. The van der Waals surface area contributed by atoms with E-state index in [1.165, 1.54) is 23.9 Å². The predicted octanol–water partition coefficient (Wildman–Crippen LogP) is 1.34. The number of thioether (sulfide) groups is 1. The van der Waals surface area contributed by atoms with E-state index in [-0.39, 0.29) is 11.4 Å². The van der Waals surface area contributed by atoms with Gasteiger partial charge >= 0.3 is 0 Å². The zero-order chi connectivity index (χ0) is 14.3. The van der Waals surface area contributed by atoms with Crippen molar-refractivity contribution in [3.8, 4) is 18.4 Å². The van der Waals surface area contributed by atoms with E-state index in [1.807, 2.05) is 0 Å². The van der Waals surface area contributed by atoms with Crippen molar-refractivity contribution in [2.75, 3.05) is 18.1 Å². The standard InChI is InChI=1S/C12H11FN2O2S2/c1-2-7-18-8-6-15-19(16,17)12-5-3-4-11(13)10(12)9-14/h1,3-5,15H,6-8H2. The van der Waals surface area contributed by atoms with Gasteiger partial charge in [0.15, 0.2) is 0 Å². The summed E-state index contributed by atoms with van der Waals surface area (Å²) in [5.41, 5.74) is -0.480. The highest BCUT2D eigenvalue weighted by Gasteiger charge is 2.20. The molecule has 0 aliphatic heterocycles. The van der Waals surface area contributed by atoms with E-state index in [2.05, 4.69) is 10.6 Å². The normalized spacial score (nSPS) is 10.7. The highest BCUT2D eigenvalue weighted by atomic mass is 32.2. The Bertz CT molecular complexity index is 630. The van der Waals surface area contributed by atoms with E-state index in [0.717, 1.165) is 6.07 Å². The van der Waals surface area contributed by atoms with Gasteiger partial charge in [-0.1, -0.05) is 12.0 Å². The van der Waals surface area contributed by atoms with Gasteiger partial charge in [0.25, 0.3) is 0 Å². The van der Waals surface area contributed by atoms with Gasteiger partial charge in [-0.05, 0) is 12.1 Å². The van der Waals surface area contributed by atoms with Gasteiger partial charge in [-0.2, -0.15) is 5.26 Å². The minimum Gasteiger partial charge on any atom is -0.210 e. The summed E-state index contributed by atoms with van der Waals surface area (Å²) >= 11 is 1.40. The first-order valence-electron chi connectivity index (χ1n) is 5.22. The molecular formula is C12H11FN2O2S2. The molecule has 0 bridgehead atoms. The molecule has 0 aliphatic carbocycles. The molecule has 0 fully saturated rings. The van der Waals surface area contributed by atoms with Gasteiger partial charge in [-0.3, -0.25) is 0 Å². The molecule has 0 saturated carbocycles. The van der Waals surface area contributed by atoms with Gasteiger partial charge in [0.05, 0.1) is 5.75 Å². The lowest BCUT2D eigenvalue weighted by atomic mass is 10.2. The minimum atomic E-state index is -3.89. The number of hydrogen-bond acceptors (Lipinski definition) is 4. The SMILES string of the molecule is C#CCSCCNS(=O)(=O)c1cccc(F)c1C#N. The van der Waals surface area contributed by atoms with Gasteiger partial charge in [0, 0.05) is 12.3 Å². The number of halogens is 1. The lowest BCUT2D eigenvalue weighted by Crippen LogP contribution is -2.27. The fraction of sp³-hybridized carbons (Fsp3) is 0.250. The van der Waals surface area contributed by atoms with Crippen LogP contribution < -0.4 is 4.72 Å². The summed E-state index contributed by atoms with van der Waals surface area (Å²) in [7, 11) is -3.89. The first-order valence-corrected chi connectivity index (χ1v) is 7.86. The lowest BCUT2D eigenvalue weighted by molar-refractivity contribution is 0.579. The van der Waals surface area contributed by atoms with Gasteiger partial charge < -0.3 is 0 Å². The highest BCUT2D eigenvalue weighted by molar-refractivity contribution is 7.99. The third-order valence-electron chi connectivity index (χ3n) is 2.10. The molecule has 1 aromatic carbocycles. The molecule has 19 heavy (non-hydrogen) atoms. The fourth-order valence-corrected chi connectivity index (χ4v) is 3.13. The summed E-state index contributed by atoms with van der Waals surface area (Å²) in [5, 5.41) is 8.80. The number of nitrogens with one attached hydrogen (secondary N) is 1. The Morgan fingerprint density at radius 1 is 1.47 bits per heavy atom. The Morgan fingerprint density at radius 2 is 2.21 bits per heavy atom. The molecule has 1 aromatic rings. The molecule has 100 valence electrons. The third kappa shape index (κ3) is 4.25. The topological polar surface area (TPSA) is 70.0 Å². The van der Waals surface area contributed by atoms with Crippen LogP contribution in [0, 0.1) is 29.5 Å². The number of rotatable bonds is 6. The second kappa shape index (κ2) is 7.15. The molecule has 1 rings (SSSR count). The summed E-state index contributed by atoms with van der Waals surface area (Å²) in [6.45, 7) is 0.163. The summed E-state index contributed by atoms with van der Waals surface area (Å²) in [4.78, 5) is -0.350. The van der Waals surface area contributed by atoms with Crippen LogP contribution in [0.1, 0.15) is 5.56 Å². The van der Waals surface area contributed by atoms with Gasteiger partial charge in [0.1, 0.15) is 22.3 Å². The molecule has 0 aliphatic rings. The summed E-state index contributed by atoms with van der Waals surface area (Å²) < 4.78 is 39.5. The van der Waals surface area contributed by atoms with Crippen molar-refractivity contribution in [2.45, 2.75) is 4.90 Å². The van der Waals surface area contributed by atoms with Crippen molar-refractivity contribution < 1.29 is 12.8 Å².